The number of aromatic nitrogens is 1. The molecule has 4 nitrogen and oxygen atoms in total. The molecule has 1 saturated carbocycles. The van der Waals surface area contributed by atoms with Crippen LogP contribution in [0, 0.1) is 18.3 Å². The highest BCUT2D eigenvalue weighted by molar-refractivity contribution is 7.09. The van der Waals surface area contributed by atoms with E-state index in [0.717, 1.165) is 48.7 Å². The Morgan fingerprint density at radius 1 is 1.55 bits per heavy atom. The molecular weight excluding hydrogens is 270 g/mol. The third-order valence-corrected chi connectivity index (χ3v) is 5.26. The molecule has 1 heterocycles. The molecule has 1 aliphatic carbocycles. The molecule has 0 spiro atoms. The van der Waals surface area contributed by atoms with Gasteiger partial charge in [-0.3, -0.25) is 4.79 Å². The van der Waals surface area contributed by atoms with E-state index in [0.29, 0.717) is 13.1 Å². The summed E-state index contributed by atoms with van der Waals surface area (Å²) in [5.41, 5.74) is 6.63. The van der Waals surface area contributed by atoms with Crippen molar-refractivity contribution in [1.82, 2.24) is 10.3 Å². The lowest BCUT2D eigenvalue weighted by molar-refractivity contribution is -0.132. The van der Waals surface area contributed by atoms with E-state index in [1.165, 1.54) is 0 Å². The molecule has 0 unspecified atom stereocenters. The molecule has 112 valence electrons. The minimum Gasteiger partial charge on any atom is -0.355 e. The fraction of sp³-hybridized carbons (Fsp3) is 0.733. The Kier molecular flexibility index (Phi) is 5.16. The predicted octanol–water partition coefficient (Wildman–Crippen LogP) is 2.27. The summed E-state index contributed by atoms with van der Waals surface area (Å²) in [5, 5.41) is 6.20. The second kappa shape index (κ2) is 6.68. The summed E-state index contributed by atoms with van der Waals surface area (Å²) < 4.78 is 0. The van der Waals surface area contributed by atoms with Crippen LogP contribution in [0.5, 0.6) is 0 Å². The Balaban J connectivity index is 1.83. The van der Waals surface area contributed by atoms with Crippen molar-refractivity contribution in [2.45, 2.75) is 46.0 Å². The SMILES string of the molecule is Cc1nc(CCNC(=O)C2(CN)CCC(C)CC2)cs1. The van der Waals surface area contributed by atoms with Crippen LogP contribution in [0.25, 0.3) is 0 Å². The quantitative estimate of drug-likeness (QED) is 0.875. The van der Waals surface area contributed by atoms with Crippen LogP contribution in [0.3, 0.4) is 0 Å². The van der Waals surface area contributed by atoms with Gasteiger partial charge in [0.05, 0.1) is 16.1 Å². The minimum atomic E-state index is -0.329. The maximum atomic E-state index is 12.4. The van der Waals surface area contributed by atoms with Crippen molar-refractivity contribution in [3.63, 3.8) is 0 Å². The van der Waals surface area contributed by atoms with Gasteiger partial charge >= 0.3 is 0 Å². The second-order valence-electron chi connectivity index (χ2n) is 6.03. The maximum Gasteiger partial charge on any atom is 0.227 e. The van der Waals surface area contributed by atoms with Crippen molar-refractivity contribution in [2.75, 3.05) is 13.1 Å². The van der Waals surface area contributed by atoms with Crippen molar-refractivity contribution in [1.29, 1.82) is 0 Å². The van der Waals surface area contributed by atoms with Crippen LogP contribution < -0.4 is 11.1 Å². The highest BCUT2D eigenvalue weighted by Gasteiger charge is 2.39. The van der Waals surface area contributed by atoms with Gasteiger partial charge in [-0.25, -0.2) is 4.98 Å². The molecule has 0 radical (unpaired) electrons. The highest BCUT2D eigenvalue weighted by atomic mass is 32.1. The topological polar surface area (TPSA) is 68.0 Å². The van der Waals surface area contributed by atoms with Crippen LogP contribution in [0.1, 0.15) is 43.3 Å². The fourth-order valence-corrected chi connectivity index (χ4v) is 3.50. The van der Waals surface area contributed by atoms with Crippen LogP contribution in [-0.4, -0.2) is 24.0 Å². The predicted molar refractivity (Wildman–Crippen MR) is 82.7 cm³/mol. The number of nitrogens with two attached hydrogens (primary N) is 1. The van der Waals surface area contributed by atoms with Gasteiger partial charge in [0, 0.05) is 24.9 Å². The molecule has 1 amide bonds. The van der Waals surface area contributed by atoms with Gasteiger partial charge < -0.3 is 11.1 Å². The zero-order chi connectivity index (χ0) is 14.6. The van der Waals surface area contributed by atoms with Gasteiger partial charge in [0.2, 0.25) is 5.91 Å². The first-order valence-electron chi connectivity index (χ1n) is 7.45. The molecular formula is C15H25N3OS. The number of carbonyl (C=O) groups is 1. The summed E-state index contributed by atoms with van der Waals surface area (Å²) in [6.45, 7) is 5.36. The number of rotatable bonds is 5. The van der Waals surface area contributed by atoms with Crippen molar-refractivity contribution in [3.8, 4) is 0 Å². The molecule has 2 rings (SSSR count). The number of carbonyl (C=O) groups excluding carboxylic acids is 1. The molecule has 1 aromatic rings. The van der Waals surface area contributed by atoms with E-state index in [1.54, 1.807) is 11.3 Å². The summed E-state index contributed by atoms with van der Waals surface area (Å²) in [4.78, 5) is 16.9. The molecule has 3 N–H and O–H groups in total. The largest absolute Gasteiger partial charge is 0.355 e. The Bertz CT molecular complexity index is 450. The van der Waals surface area contributed by atoms with E-state index in [-0.39, 0.29) is 11.3 Å². The first kappa shape index (κ1) is 15.4. The van der Waals surface area contributed by atoms with Crippen molar-refractivity contribution >= 4 is 17.2 Å². The fourth-order valence-electron chi connectivity index (χ4n) is 2.85. The lowest BCUT2D eigenvalue weighted by atomic mass is 9.70. The van der Waals surface area contributed by atoms with Crippen LogP contribution in [-0.2, 0) is 11.2 Å². The summed E-state index contributed by atoms with van der Waals surface area (Å²) in [7, 11) is 0. The van der Waals surface area contributed by atoms with Gasteiger partial charge in [0.1, 0.15) is 0 Å². The molecule has 5 heteroatoms. The number of hydrogen-bond acceptors (Lipinski definition) is 4. The van der Waals surface area contributed by atoms with Crippen molar-refractivity contribution in [2.24, 2.45) is 17.1 Å². The number of aryl methyl sites for hydroxylation is 1. The smallest absolute Gasteiger partial charge is 0.227 e. The number of nitrogens with one attached hydrogen (secondary N) is 1. The monoisotopic (exact) mass is 295 g/mol. The average Bonchev–Trinajstić information content (AvgIpc) is 2.85. The number of thiazole rings is 1. The first-order chi connectivity index (χ1) is 9.55. The normalized spacial score (nSPS) is 26.4. The summed E-state index contributed by atoms with van der Waals surface area (Å²) >= 11 is 1.65. The standard InChI is InChI=1S/C15H25N3OS/c1-11-3-6-15(10-16,7-4-11)14(19)17-8-5-13-9-20-12(2)18-13/h9,11H,3-8,10,16H2,1-2H3,(H,17,19). The molecule has 0 saturated heterocycles. The molecule has 0 aromatic carbocycles. The zero-order valence-corrected chi connectivity index (χ0v) is 13.3. The van der Waals surface area contributed by atoms with E-state index < -0.39 is 0 Å². The Labute approximate surface area is 125 Å². The second-order valence-corrected chi connectivity index (χ2v) is 7.09. The lowest BCUT2D eigenvalue weighted by Crippen LogP contribution is -2.48. The van der Waals surface area contributed by atoms with Gasteiger partial charge in [0.15, 0.2) is 0 Å². The molecule has 1 fully saturated rings. The van der Waals surface area contributed by atoms with Gasteiger partial charge in [0.25, 0.3) is 0 Å². The minimum absolute atomic E-state index is 0.138. The maximum absolute atomic E-state index is 12.4. The van der Waals surface area contributed by atoms with Crippen LogP contribution >= 0.6 is 11.3 Å². The number of amides is 1. The summed E-state index contributed by atoms with van der Waals surface area (Å²) in [6, 6.07) is 0. The van der Waals surface area contributed by atoms with Crippen LogP contribution in [0.2, 0.25) is 0 Å². The summed E-state index contributed by atoms with van der Waals surface area (Å²) in [6.07, 6.45) is 4.86. The van der Waals surface area contributed by atoms with E-state index in [1.807, 2.05) is 6.92 Å². The average molecular weight is 295 g/mol. The van der Waals surface area contributed by atoms with Gasteiger partial charge in [-0.1, -0.05) is 6.92 Å². The lowest BCUT2D eigenvalue weighted by Gasteiger charge is -2.37. The third kappa shape index (κ3) is 3.58. The molecule has 0 bridgehead atoms. The number of hydrogen-bond donors (Lipinski definition) is 2. The van der Waals surface area contributed by atoms with E-state index >= 15 is 0 Å². The van der Waals surface area contributed by atoms with Gasteiger partial charge in [-0.2, -0.15) is 0 Å². The van der Waals surface area contributed by atoms with Gasteiger partial charge in [-0.15, -0.1) is 11.3 Å². The van der Waals surface area contributed by atoms with E-state index in [2.05, 4.69) is 22.6 Å². The Hall–Kier alpha value is -0.940. The molecule has 0 atom stereocenters. The third-order valence-electron chi connectivity index (χ3n) is 4.44. The number of nitrogens with zero attached hydrogens (tertiary/aromatic N) is 1. The zero-order valence-electron chi connectivity index (χ0n) is 12.4. The van der Waals surface area contributed by atoms with Crippen LogP contribution in [0.15, 0.2) is 5.38 Å². The molecule has 1 aliphatic rings. The summed E-state index contributed by atoms with van der Waals surface area (Å²) in [5.74, 6) is 0.860. The molecule has 0 aliphatic heterocycles. The Morgan fingerprint density at radius 2 is 2.25 bits per heavy atom. The Morgan fingerprint density at radius 3 is 2.80 bits per heavy atom. The van der Waals surface area contributed by atoms with Gasteiger partial charge in [-0.05, 0) is 38.5 Å². The first-order valence-corrected chi connectivity index (χ1v) is 8.33. The van der Waals surface area contributed by atoms with Crippen molar-refractivity contribution < 1.29 is 4.79 Å². The highest BCUT2D eigenvalue weighted by Crippen LogP contribution is 2.38. The molecule has 20 heavy (non-hydrogen) atoms. The molecule has 1 aromatic heterocycles. The van der Waals surface area contributed by atoms with Crippen molar-refractivity contribution in [3.05, 3.63) is 16.1 Å². The van der Waals surface area contributed by atoms with E-state index in [4.69, 9.17) is 5.73 Å². The van der Waals surface area contributed by atoms with E-state index in [9.17, 15) is 4.79 Å². The van der Waals surface area contributed by atoms with Crippen LogP contribution in [0.4, 0.5) is 0 Å².